The molecule has 0 aromatic carbocycles. The Bertz CT molecular complexity index is 1200. The number of amides is 1. The predicted octanol–water partition coefficient (Wildman–Crippen LogP) is 3.34. The molecule has 1 amide bonds. The topological polar surface area (TPSA) is 98.5 Å². The molecule has 4 aromatic rings. The molecule has 146 valence electrons. The average molecular weight is 395 g/mol. The number of halogens is 2. The SMILES string of the molecule is CC(=O)Nc1cc2c(ccn2-c2cc(-c3cncnc3)nc(C(C)(F)F)n2)cn1. The van der Waals surface area contributed by atoms with Crippen molar-refractivity contribution in [3.63, 3.8) is 0 Å². The van der Waals surface area contributed by atoms with Gasteiger partial charge in [-0.3, -0.25) is 4.79 Å². The lowest BCUT2D eigenvalue weighted by atomic mass is 10.2. The number of carbonyl (C=O) groups excluding carboxylic acids is 1. The Morgan fingerprint density at radius 2 is 1.90 bits per heavy atom. The number of rotatable bonds is 4. The number of pyridine rings is 1. The summed E-state index contributed by atoms with van der Waals surface area (Å²) >= 11 is 0. The minimum atomic E-state index is -3.24. The lowest BCUT2D eigenvalue weighted by Crippen LogP contribution is -2.15. The first-order valence-electron chi connectivity index (χ1n) is 8.59. The van der Waals surface area contributed by atoms with Gasteiger partial charge in [0, 0.05) is 61.7 Å². The third-order valence-electron chi connectivity index (χ3n) is 4.09. The summed E-state index contributed by atoms with van der Waals surface area (Å²) in [6.45, 7) is 2.11. The van der Waals surface area contributed by atoms with Crippen LogP contribution < -0.4 is 5.32 Å². The summed E-state index contributed by atoms with van der Waals surface area (Å²) in [4.78, 5) is 31.4. The summed E-state index contributed by atoms with van der Waals surface area (Å²) in [5.74, 6) is -3.54. The van der Waals surface area contributed by atoms with E-state index in [4.69, 9.17) is 0 Å². The van der Waals surface area contributed by atoms with Crippen molar-refractivity contribution in [1.29, 1.82) is 0 Å². The second-order valence-electron chi connectivity index (χ2n) is 6.45. The molecule has 0 aliphatic carbocycles. The van der Waals surface area contributed by atoms with Crippen LogP contribution in [0, 0.1) is 0 Å². The molecular formula is C19H15F2N7O. The molecule has 29 heavy (non-hydrogen) atoms. The number of fused-ring (bicyclic) bond motifs is 1. The van der Waals surface area contributed by atoms with E-state index in [1.54, 1.807) is 35.2 Å². The van der Waals surface area contributed by atoms with Gasteiger partial charge in [0.1, 0.15) is 18.0 Å². The molecule has 0 fully saturated rings. The zero-order valence-electron chi connectivity index (χ0n) is 15.5. The van der Waals surface area contributed by atoms with Gasteiger partial charge < -0.3 is 9.88 Å². The fraction of sp³-hybridized carbons (Fsp3) is 0.158. The monoisotopic (exact) mass is 395 g/mol. The van der Waals surface area contributed by atoms with Crippen molar-refractivity contribution >= 4 is 22.6 Å². The van der Waals surface area contributed by atoms with E-state index in [1.807, 2.05) is 0 Å². The number of hydrogen-bond donors (Lipinski definition) is 1. The number of anilines is 1. The fourth-order valence-electron chi connectivity index (χ4n) is 2.81. The zero-order valence-corrected chi connectivity index (χ0v) is 15.5. The molecule has 0 bridgehead atoms. The maximum Gasteiger partial charge on any atom is 0.303 e. The predicted molar refractivity (Wildman–Crippen MR) is 102 cm³/mol. The molecule has 4 rings (SSSR count). The molecule has 8 nitrogen and oxygen atoms in total. The van der Waals surface area contributed by atoms with Crippen LogP contribution in [0.15, 0.2) is 49.3 Å². The standard InChI is InChI=1S/C19H15F2N7O/c1-11(29)25-16-6-15-12(9-24-16)3-4-28(15)17-5-14(13-7-22-10-23-8-13)26-18(27-17)19(2,20)21/h3-10H,1-2H3,(H,24,25,29). The van der Waals surface area contributed by atoms with Gasteiger partial charge in [-0.25, -0.2) is 24.9 Å². The molecular weight excluding hydrogens is 380 g/mol. The van der Waals surface area contributed by atoms with Crippen LogP contribution >= 0.6 is 0 Å². The number of alkyl halides is 2. The highest BCUT2D eigenvalue weighted by atomic mass is 19.3. The Balaban J connectivity index is 1.91. The number of nitrogens with zero attached hydrogens (tertiary/aromatic N) is 6. The number of hydrogen-bond acceptors (Lipinski definition) is 6. The molecule has 0 aliphatic heterocycles. The van der Waals surface area contributed by atoms with E-state index in [1.165, 1.54) is 25.6 Å². The highest BCUT2D eigenvalue weighted by Gasteiger charge is 2.30. The molecule has 1 N–H and O–H groups in total. The Kier molecular flexibility index (Phi) is 4.45. The first-order valence-corrected chi connectivity index (χ1v) is 8.59. The highest BCUT2D eigenvalue weighted by Crippen LogP contribution is 2.29. The summed E-state index contributed by atoms with van der Waals surface area (Å²) in [6, 6.07) is 5.00. The summed E-state index contributed by atoms with van der Waals surface area (Å²) in [5, 5.41) is 3.36. The molecule has 0 aliphatic rings. The van der Waals surface area contributed by atoms with Crippen LogP contribution in [-0.2, 0) is 10.7 Å². The van der Waals surface area contributed by atoms with Crippen molar-refractivity contribution < 1.29 is 13.6 Å². The van der Waals surface area contributed by atoms with Crippen molar-refractivity contribution in [2.75, 3.05) is 5.32 Å². The third-order valence-corrected chi connectivity index (χ3v) is 4.09. The van der Waals surface area contributed by atoms with Gasteiger partial charge in [0.05, 0.1) is 11.2 Å². The normalized spacial score (nSPS) is 11.6. The van der Waals surface area contributed by atoms with E-state index in [9.17, 15) is 13.6 Å². The summed E-state index contributed by atoms with van der Waals surface area (Å²) in [5.41, 5.74) is 1.40. The summed E-state index contributed by atoms with van der Waals surface area (Å²) in [6.07, 6.45) is 7.60. The summed E-state index contributed by atoms with van der Waals surface area (Å²) < 4.78 is 29.8. The molecule has 0 saturated heterocycles. The van der Waals surface area contributed by atoms with Gasteiger partial charge >= 0.3 is 5.92 Å². The molecule has 4 heterocycles. The average Bonchev–Trinajstić information content (AvgIpc) is 3.10. The highest BCUT2D eigenvalue weighted by molar-refractivity contribution is 5.91. The molecule has 10 heteroatoms. The van der Waals surface area contributed by atoms with E-state index in [2.05, 4.69) is 30.2 Å². The quantitative estimate of drug-likeness (QED) is 0.569. The maximum absolute atomic E-state index is 14.1. The molecule has 4 aromatic heterocycles. The Labute approximate surface area is 163 Å². The molecule has 0 atom stereocenters. The van der Waals surface area contributed by atoms with E-state index < -0.39 is 11.7 Å². The van der Waals surface area contributed by atoms with Crippen molar-refractivity contribution in [1.82, 2.24) is 29.5 Å². The van der Waals surface area contributed by atoms with Crippen LogP contribution in [0.1, 0.15) is 19.7 Å². The van der Waals surface area contributed by atoms with Gasteiger partial charge in [-0.2, -0.15) is 8.78 Å². The van der Waals surface area contributed by atoms with E-state index in [-0.39, 0.29) is 17.4 Å². The van der Waals surface area contributed by atoms with E-state index in [0.29, 0.717) is 16.9 Å². The van der Waals surface area contributed by atoms with Crippen LogP contribution in [0.25, 0.3) is 28.0 Å². The van der Waals surface area contributed by atoms with Crippen molar-refractivity contribution in [2.45, 2.75) is 19.8 Å². The van der Waals surface area contributed by atoms with Crippen molar-refractivity contribution in [3.05, 3.63) is 55.1 Å². The molecule has 0 unspecified atom stereocenters. The van der Waals surface area contributed by atoms with Gasteiger partial charge in [0.25, 0.3) is 0 Å². The third kappa shape index (κ3) is 3.77. The Morgan fingerprint density at radius 1 is 1.14 bits per heavy atom. The van der Waals surface area contributed by atoms with Crippen molar-refractivity contribution in [2.24, 2.45) is 0 Å². The van der Waals surface area contributed by atoms with Crippen LogP contribution in [0.4, 0.5) is 14.6 Å². The van der Waals surface area contributed by atoms with E-state index in [0.717, 1.165) is 12.3 Å². The second-order valence-corrected chi connectivity index (χ2v) is 6.45. The zero-order chi connectivity index (χ0) is 20.6. The fourth-order valence-corrected chi connectivity index (χ4v) is 2.81. The summed E-state index contributed by atoms with van der Waals surface area (Å²) in [7, 11) is 0. The molecule has 0 spiro atoms. The number of aromatic nitrogens is 6. The van der Waals surface area contributed by atoms with Crippen LogP contribution in [0.3, 0.4) is 0 Å². The minimum Gasteiger partial charge on any atom is -0.311 e. The first kappa shape index (κ1) is 18.5. The van der Waals surface area contributed by atoms with Gasteiger partial charge in [-0.1, -0.05) is 0 Å². The number of nitrogens with one attached hydrogen (secondary N) is 1. The Morgan fingerprint density at radius 3 is 2.59 bits per heavy atom. The lowest BCUT2D eigenvalue weighted by Gasteiger charge is -2.14. The lowest BCUT2D eigenvalue weighted by molar-refractivity contribution is -0.114. The van der Waals surface area contributed by atoms with Crippen LogP contribution in [-0.4, -0.2) is 35.4 Å². The van der Waals surface area contributed by atoms with Crippen molar-refractivity contribution in [3.8, 4) is 17.1 Å². The molecule has 0 saturated carbocycles. The van der Waals surface area contributed by atoms with E-state index >= 15 is 0 Å². The van der Waals surface area contributed by atoms with Crippen LogP contribution in [0.2, 0.25) is 0 Å². The smallest absolute Gasteiger partial charge is 0.303 e. The van der Waals surface area contributed by atoms with Gasteiger partial charge in [-0.05, 0) is 6.07 Å². The molecule has 0 radical (unpaired) electrons. The largest absolute Gasteiger partial charge is 0.311 e. The van der Waals surface area contributed by atoms with Gasteiger partial charge in [0.15, 0.2) is 0 Å². The Hall–Kier alpha value is -3.82. The first-order chi connectivity index (χ1) is 13.8. The second kappa shape index (κ2) is 6.97. The van der Waals surface area contributed by atoms with Crippen LogP contribution in [0.5, 0.6) is 0 Å². The van der Waals surface area contributed by atoms with Gasteiger partial charge in [-0.15, -0.1) is 0 Å². The number of carbonyl (C=O) groups is 1. The van der Waals surface area contributed by atoms with Gasteiger partial charge in [0.2, 0.25) is 11.7 Å². The maximum atomic E-state index is 14.1. The minimum absolute atomic E-state index is 0.241.